The van der Waals surface area contributed by atoms with Gasteiger partial charge in [0.25, 0.3) is 0 Å². The molecule has 4 aromatic carbocycles. The molecule has 2 atom stereocenters. The smallest absolute Gasteiger partial charge is 0.0535 e. The van der Waals surface area contributed by atoms with Crippen LogP contribution >= 0.6 is 0 Å². The molecule has 1 aliphatic rings. The highest BCUT2D eigenvalue weighted by molar-refractivity contribution is 6.10. The lowest BCUT2D eigenvalue weighted by Crippen LogP contribution is -2.28. The van der Waals surface area contributed by atoms with Gasteiger partial charge in [0.2, 0.25) is 0 Å². The van der Waals surface area contributed by atoms with Crippen LogP contribution in [0.25, 0.3) is 56.0 Å². The van der Waals surface area contributed by atoms with Crippen molar-refractivity contribution in [2.24, 2.45) is 11.8 Å². The summed E-state index contributed by atoms with van der Waals surface area (Å²) in [4.78, 5) is 0. The molecule has 0 amide bonds. The van der Waals surface area contributed by atoms with Crippen LogP contribution in [-0.2, 0) is 0 Å². The third-order valence-electron chi connectivity index (χ3n) is 7.84. The third-order valence-corrected chi connectivity index (χ3v) is 7.84. The van der Waals surface area contributed by atoms with Gasteiger partial charge < -0.3 is 9.13 Å². The summed E-state index contributed by atoms with van der Waals surface area (Å²) in [5.74, 6) is 1.03. The average Bonchev–Trinajstić information content (AvgIpc) is 3.39. The highest BCUT2D eigenvalue weighted by atomic mass is 15.0. The van der Waals surface area contributed by atoms with Gasteiger partial charge in [-0.3, -0.25) is 0 Å². The van der Waals surface area contributed by atoms with Crippen molar-refractivity contribution in [1.29, 1.82) is 0 Å². The number of para-hydroxylation sites is 4. The summed E-state index contributed by atoms with van der Waals surface area (Å²) < 4.78 is 4.78. The van der Waals surface area contributed by atoms with E-state index in [4.69, 9.17) is 0 Å². The van der Waals surface area contributed by atoms with E-state index in [1.54, 1.807) is 0 Å². The molecule has 2 unspecified atom stereocenters. The first-order chi connectivity index (χ1) is 16.7. The molecular formula is C32H26N2. The Hall–Kier alpha value is -4.04. The molecule has 6 aromatic rings. The van der Waals surface area contributed by atoms with Crippen LogP contribution in [0.5, 0.6) is 0 Å². The minimum Gasteiger partial charge on any atom is -0.316 e. The van der Waals surface area contributed by atoms with E-state index in [0.717, 1.165) is 0 Å². The first-order valence-electron chi connectivity index (χ1n) is 12.1. The van der Waals surface area contributed by atoms with Gasteiger partial charge in [-0.1, -0.05) is 86.6 Å². The second kappa shape index (κ2) is 7.23. The minimum absolute atomic E-state index is 0.513. The molecule has 1 aliphatic carbocycles. The van der Waals surface area contributed by atoms with Gasteiger partial charge in [0.05, 0.1) is 22.1 Å². The van der Waals surface area contributed by atoms with Gasteiger partial charge in [0.1, 0.15) is 0 Å². The molecule has 0 radical (unpaired) electrons. The van der Waals surface area contributed by atoms with E-state index in [2.05, 4.69) is 132 Å². The Bertz CT molecular complexity index is 1550. The van der Waals surface area contributed by atoms with Gasteiger partial charge in [-0.05, 0) is 47.2 Å². The molecule has 2 aromatic heterocycles. The fraction of sp³-hybridized carbons (Fsp3) is 0.125. The van der Waals surface area contributed by atoms with Gasteiger partial charge >= 0.3 is 0 Å². The van der Waals surface area contributed by atoms with Crippen molar-refractivity contribution in [3.05, 3.63) is 108 Å². The number of nitrogens with zero attached hydrogens (tertiary/aromatic N) is 2. The number of benzene rings is 4. The van der Waals surface area contributed by atoms with Crippen molar-refractivity contribution < 1.29 is 0 Å². The lowest BCUT2D eigenvalue weighted by atomic mass is 9.67. The molecule has 2 heteroatoms. The van der Waals surface area contributed by atoms with Gasteiger partial charge in [0.15, 0.2) is 0 Å². The minimum atomic E-state index is 0.513. The monoisotopic (exact) mass is 438 g/mol. The normalized spacial score (nSPS) is 20.8. The zero-order chi connectivity index (χ0) is 22.8. The number of allylic oxidation sites excluding steroid dienone is 2. The molecule has 0 saturated heterocycles. The average molecular weight is 439 g/mol. The van der Waals surface area contributed by atoms with E-state index in [1.807, 2.05) is 0 Å². The summed E-state index contributed by atoms with van der Waals surface area (Å²) in [7, 11) is 0. The van der Waals surface area contributed by atoms with E-state index >= 15 is 0 Å². The predicted molar refractivity (Wildman–Crippen MR) is 146 cm³/mol. The molecule has 34 heavy (non-hydrogen) atoms. The van der Waals surface area contributed by atoms with Crippen molar-refractivity contribution in [2.75, 3.05) is 0 Å². The van der Waals surface area contributed by atoms with Crippen LogP contribution in [0.3, 0.4) is 0 Å². The topological polar surface area (TPSA) is 9.86 Å². The fourth-order valence-electron chi connectivity index (χ4n) is 5.81. The summed E-state index contributed by atoms with van der Waals surface area (Å²) in [5.41, 5.74) is 7.89. The number of fused-ring (bicyclic) bond motifs is 6. The summed E-state index contributed by atoms with van der Waals surface area (Å²) in [6.07, 6.45) is 4.77. The summed E-state index contributed by atoms with van der Waals surface area (Å²) in [5, 5.41) is 5.23. The molecule has 164 valence electrons. The molecule has 0 aliphatic heterocycles. The van der Waals surface area contributed by atoms with Crippen LogP contribution in [0.15, 0.2) is 108 Å². The van der Waals surface area contributed by atoms with E-state index < -0.39 is 0 Å². The number of hydrogen-bond acceptors (Lipinski definition) is 0. The first-order valence-corrected chi connectivity index (χ1v) is 12.1. The lowest BCUT2D eigenvalue weighted by Gasteiger charge is -2.38. The van der Waals surface area contributed by atoms with Crippen molar-refractivity contribution in [2.45, 2.75) is 13.8 Å². The molecule has 0 bridgehead atoms. The fourth-order valence-corrected chi connectivity index (χ4v) is 5.81. The van der Waals surface area contributed by atoms with Crippen molar-refractivity contribution in [3.8, 4) is 0 Å². The summed E-state index contributed by atoms with van der Waals surface area (Å²) in [6.45, 7) is 4.71. The maximum atomic E-state index is 2.39. The Morgan fingerprint density at radius 1 is 0.441 bits per heavy atom. The maximum Gasteiger partial charge on any atom is 0.0535 e. The quantitative estimate of drug-likeness (QED) is 0.256. The van der Waals surface area contributed by atoms with E-state index in [1.165, 1.54) is 54.8 Å². The molecule has 0 N–H and O–H groups in total. The van der Waals surface area contributed by atoms with Crippen molar-refractivity contribution >= 4 is 56.0 Å². The molecule has 1 fully saturated rings. The van der Waals surface area contributed by atoms with Gasteiger partial charge in [0, 0.05) is 33.9 Å². The second-order valence-corrected chi connectivity index (χ2v) is 9.55. The van der Waals surface area contributed by atoms with Crippen molar-refractivity contribution in [3.63, 3.8) is 0 Å². The van der Waals surface area contributed by atoms with Crippen LogP contribution < -0.4 is 0 Å². The number of rotatable bonds is 2. The van der Waals surface area contributed by atoms with Crippen LogP contribution in [-0.4, -0.2) is 9.13 Å². The Morgan fingerprint density at radius 2 is 0.706 bits per heavy atom. The van der Waals surface area contributed by atoms with Crippen LogP contribution in [0, 0.1) is 11.8 Å². The second-order valence-electron chi connectivity index (χ2n) is 9.55. The summed E-state index contributed by atoms with van der Waals surface area (Å²) >= 11 is 0. The molecule has 2 heterocycles. The highest BCUT2D eigenvalue weighted by Gasteiger charge is 2.35. The first kappa shape index (κ1) is 19.4. The maximum absolute atomic E-state index is 2.39. The van der Waals surface area contributed by atoms with E-state index in [0.29, 0.717) is 11.8 Å². The van der Waals surface area contributed by atoms with E-state index in [-0.39, 0.29) is 0 Å². The lowest BCUT2D eigenvalue weighted by molar-refractivity contribution is 0.432. The SMILES string of the molecule is CC1C(=Cn2c3ccccc3c3ccccc32)C(=Cn2c3ccccc3c3ccccc32)C1C. The molecule has 0 spiro atoms. The molecule has 1 saturated carbocycles. The highest BCUT2D eigenvalue weighted by Crippen LogP contribution is 2.47. The zero-order valence-corrected chi connectivity index (χ0v) is 19.4. The Morgan fingerprint density at radius 3 is 1.00 bits per heavy atom. The largest absolute Gasteiger partial charge is 0.316 e. The Labute approximate surface area is 199 Å². The Kier molecular flexibility index (Phi) is 4.13. The molecular weight excluding hydrogens is 412 g/mol. The van der Waals surface area contributed by atoms with Crippen LogP contribution in [0.4, 0.5) is 0 Å². The molecule has 2 nitrogen and oxygen atoms in total. The Balaban J connectivity index is 1.47. The number of aromatic nitrogens is 2. The van der Waals surface area contributed by atoms with E-state index in [9.17, 15) is 0 Å². The van der Waals surface area contributed by atoms with Crippen LogP contribution in [0.2, 0.25) is 0 Å². The van der Waals surface area contributed by atoms with Gasteiger partial charge in [-0.15, -0.1) is 0 Å². The summed E-state index contributed by atoms with van der Waals surface area (Å²) in [6, 6.07) is 34.9. The van der Waals surface area contributed by atoms with Gasteiger partial charge in [-0.2, -0.15) is 0 Å². The van der Waals surface area contributed by atoms with Crippen molar-refractivity contribution in [1.82, 2.24) is 9.13 Å². The third kappa shape index (κ3) is 2.63. The van der Waals surface area contributed by atoms with Crippen LogP contribution in [0.1, 0.15) is 13.8 Å². The zero-order valence-electron chi connectivity index (χ0n) is 19.4. The predicted octanol–water partition coefficient (Wildman–Crippen LogP) is 8.57. The standard InChI is InChI=1S/C32H26N2/c1-21-22(2)28(20-34-31-17-9-5-13-25(31)26-14-6-10-18-32(26)34)27(21)19-33-29-15-7-3-11-23(29)24-12-4-8-16-30(24)33/h3-22H,1-2H3. The number of hydrogen-bond donors (Lipinski definition) is 0. The van der Waals surface area contributed by atoms with Gasteiger partial charge in [-0.25, -0.2) is 0 Å². The molecule has 7 rings (SSSR count).